The van der Waals surface area contributed by atoms with Crippen LogP contribution < -0.4 is 15.5 Å². The number of nitrogens with zero attached hydrogens (tertiary/aromatic N) is 3. The van der Waals surface area contributed by atoms with Crippen LogP contribution in [0.2, 0.25) is 0 Å². The maximum absolute atomic E-state index is 12.2. The smallest absolute Gasteiger partial charge is 0.276 e. The van der Waals surface area contributed by atoms with Gasteiger partial charge in [0.2, 0.25) is 0 Å². The molecule has 0 bridgehead atoms. The summed E-state index contributed by atoms with van der Waals surface area (Å²) in [4.78, 5) is 14.7. The van der Waals surface area contributed by atoms with Crippen LogP contribution in [0.4, 0.5) is 17.2 Å². The average Bonchev–Trinajstić information content (AvgIpc) is 2.80. The van der Waals surface area contributed by atoms with Crippen LogP contribution in [0.15, 0.2) is 66.7 Å². The number of anilines is 3. The molecule has 6 nitrogen and oxygen atoms in total. The predicted molar refractivity (Wildman–Crippen MR) is 120 cm³/mol. The van der Waals surface area contributed by atoms with Gasteiger partial charge in [-0.3, -0.25) is 4.79 Å². The van der Waals surface area contributed by atoms with E-state index in [1.807, 2.05) is 42.1 Å². The minimum absolute atomic E-state index is 0.276. The van der Waals surface area contributed by atoms with Crippen LogP contribution in [0.5, 0.6) is 0 Å². The topological polar surface area (TPSA) is 70.2 Å². The highest BCUT2D eigenvalue weighted by Crippen LogP contribution is 2.20. The largest absolute Gasteiger partial charge is 0.370 e. The molecule has 2 N–H and O–H groups in total. The Labute approximate surface area is 174 Å². The molecule has 0 saturated carbocycles. The third-order valence-corrected chi connectivity index (χ3v) is 5.66. The molecule has 0 atom stereocenters. The summed E-state index contributed by atoms with van der Waals surface area (Å²) in [6.07, 6.45) is 0. The highest BCUT2D eigenvalue weighted by molar-refractivity contribution is 7.99. The molecule has 0 aliphatic carbocycles. The van der Waals surface area contributed by atoms with Crippen LogP contribution >= 0.6 is 11.8 Å². The minimum atomic E-state index is -0.276. The lowest BCUT2D eigenvalue weighted by atomic mass is 10.2. The molecule has 4 rings (SSSR count). The molecule has 1 aromatic heterocycles. The van der Waals surface area contributed by atoms with Crippen LogP contribution in [0.1, 0.15) is 16.1 Å². The van der Waals surface area contributed by atoms with E-state index in [4.69, 9.17) is 0 Å². The first-order chi connectivity index (χ1) is 14.3. The fraction of sp³-hybridized carbons (Fsp3) is 0.227. The summed E-state index contributed by atoms with van der Waals surface area (Å²) in [5, 5.41) is 14.2. The Morgan fingerprint density at radius 2 is 1.69 bits per heavy atom. The van der Waals surface area contributed by atoms with Crippen LogP contribution in [0, 0.1) is 0 Å². The summed E-state index contributed by atoms with van der Waals surface area (Å²) in [7, 11) is 0. The number of para-hydroxylation sites is 1. The van der Waals surface area contributed by atoms with Gasteiger partial charge in [-0.05, 0) is 42.0 Å². The number of rotatable bonds is 6. The monoisotopic (exact) mass is 405 g/mol. The number of hydrogen-bond acceptors (Lipinski definition) is 6. The van der Waals surface area contributed by atoms with E-state index in [-0.39, 0.29) is 11.6 Å². The van der Waals surface area contributed by atoms with E-state index in [1.165, 1.54) is 22.8 Å². The van der Waals surface area contributed by atoms with E-state index < -0.39 is 0 Å². The summed E-state index contributed by atoms with van der Waals surface area (Å²) < 4.78 is 0. The Morgan fingerprint density at radius 3 is 2.38 bits per heavy atom. The number of carbonyl (C=O) groups excluding carboxylic acids is 1. The van der Waals surface area contributed by atoms with Gasteiger partial charge < -0.3 is 15.5 Å². The molecule has 1 saturated heterocycles. The third kappa shape index (κ3) is 5.26. The van der Waals surface area contributed by atoms with Crippen molar-refractivity contribution in [3.63, 3.8) is 0 Å². The van der Waals surface area contributed by atoms with Gasteiger partial charge in [-0.1, -0.05) is 30.3 Å². The number of carbonyl (C=O) groups is 1. The number of thioether (sulfide) groups is 1. The summed E-state index contributed by atoms with van der Waals surface area (Å²) in [5.74, 6) is 2.75. The second kappa shape index (κ2) is 9.43. The van der Waals surface area contributed by atoms with E-state index in [1.54, 1.807) is 12.1 Å². The lowest BCUT2D eigenvalue weighted by Gasteiger charge is -2.28. The first-order valence-corrected chi connectivity index (χ1v) is 10.8. The number of amides is 1. The molecule has 29 heavy (non-hydrogen) atoms. The highest BCUT2D eigenvalue weighted by Gasteiger charge is 2.11. The molecule has 0 radical (unpaired) electrons. The summed E-state index contributed by atoms with van der Waals surface area (Å²) in [6, 6.07) is 21.4. The van der Waals surface area contributed by atoms with Crippen LogP contribution in [0.3, 0.4) is 0 Å². The van der Waals surface area contributed by atoms with Crippen molar-refractivity contribution >= 4 is 34.9 Å². The SMILES string of the molecule is O=C(Nc1ccccc1)c1ccc(NCc2ccc(N3CCSCC3)cc2)nn1. The number of benzene rings is 2. The van der Waals surface area contributed by atoms with Crippen LogP contribution in [0.25, 0.3) is 0 Å². The van der Waals surface area contributed by atoms with E-state index in [0.717, 1.165) is 18.8 Å². The van der Waals surface area contributed by atoms with E-state index in [2.05, 4.69) is 50.0 Å². The fourth-order valence-corrected chi connectivity index (χ4v) is 4.01. The van der Waals surface area contributed by atoms with Crippen molar-refractivity contribution in [1.82, 2.24) is 10.2 Å². The first-order valence-electron chi connectivity index (χ1n) is 9.63. The standard InChI is InChI=1S/C22H23N5OS/c28-22(24-18-4-2-1-3-5-18)20-10-11-21(26-25-20)23-16-17-6-8-19(9-7-17)27-12-14-29-15-13-27/h1-11H,12-16H2,(H,23,26)(H,24,28). The van der Waals surface area contributed by atoms with Crippen molar-refractivity contribution in [3.8, 4) is 0 Å². The molecule has 2 aromatic carbocycles. The molecule has 1 amide bonds. The summed E-state index contributed by atoms with van der Waals surface area (Å²) >= 11 is 2.02. The van der Waals surface area contributed by atoms with Gasteiger partial charge in [0.1, 0.15) is 5.82 Å². The van der Waals surface area contributed by atoms with Gasteiger partial charge in [0, 0.05) is 42.5 Å². The van der Waals surface area contributed by atoms with Crippen LogP contribution in [-0.2, 0) is 6.54 Å². The normalized spacial score (nSPS) is 13.7. The van der Waals surface area contributed by atoms with Gasteiger partial charge in [-0.2, -0.15) is 11.8 Å². The highest BCUT2D eigenvalue weighted by atomic mass is 32.2. The Morgan fingerprint density at radius 1 is 0.931 bits per heavy atom. The van der Waals surface area contributed by atoms with E-state index in [9.17, 15) is 4.79 Å². The van der Waals surface area contributed by atoms with Crippen molar-refractivity contribution in [1.29, 1.82) is 0 Å². The maximum atomic E-state index is 12.2. The molecule has 7 heteroatoms. The van der Waals surface area contributed by atoms with Gasteiger partial charge in [-0.15, -0.1) is 10.2 Å². The molecular formula is C22H23N5OS. The van der Waals surface area contributed by atoms with Crippen molar-refractivity contribution in [2.75, 3.05) is 40.1 Å². The zero-order chi connectivity index (χ0) is 19.9. The maximum Gasteiger partial charge on any atom is 0.276 e. The van der Waals surface area contributed by atoms with Gasteiger partial charge in [-0.25, -0.2) is 0 Å². The Bertz CT molecular complexity index is 926. The lowest BCUT2D eigenvalue weighted by Crippen LogP contribution is -2.32. The fourth-order valence-electron chi connectivity index (χ4n) is 3.10. The van der Waals surface area contributed by atoms with Gasteiger partial charge in [0.05, 0.1) is 0 Å². The average molecular weight is 406 g/mol. The third-order valence-electron chi connectivity index (χ3n) is 4.72. The lowest BCUT2D eigenvalue weighted by molar-refractivity contribution is 0.102. The van der Waals surface area contributed by atoms with Crippen molar-refractivity contribution < 1.29 is 4.79 Å². The second-order valence-electron chi connectivity index (χ2n) is 6.74. The Hall–Kier alpha value is -3.06. The Balaban J connectivity index is 1.30. The summed E-state index contributed by atoms with van der Waals surface area (Å²) in [5.41, 5.74) is 3.46. The quantitative estimate of drug-likeness (QED) is 0.648. The van der Waals surface area contributed by atoms with Gasteiger partial charge in [0.25, 0.3) is 5.91 Å². The number of hydrogen-bond donors (Lipinski definition) is 2. The molecule has 1 aliphatic rings. The molecule has 148 valence electrons. The zero-order valence-corrected chi connectivity index (χ0v) is 16.9. The second-order valence-corrected chi connectivity index (χ2v) is 7.97. The number of nitrogens with one attached hydrogen (secondary N) is 2. The molecule has 0 unspecified atom stereocenters. The van der Waals surface area contributed by atoms with E-state index in [0.29, 0.717) is 12.4 Å². The van der Waals surface area contributed by atoms with Crippen molar-refractivity contribution in [3.05, 3.63) is 78.0 Å². The first kappa shape index (κ1) is 19.3. The minimum Gasteiger partial charge on any atom is -0.370 e. The van der Waals surface area contributed by atoms with Crippen molar-refractivity contribution in [2.24, 2.45) is 0 Å². The molecule has 2 heterocycles. The molecule has 1 aliphatic heterocycles. The van der Waals surface area contributed by atoms with Crippen LogP contribution in [-0.4, -0.2) is 40.7 Å². The summed E-state index contributed by atoms with van der Waals surface area (Å²) in [6.45, 7) is 2.88. The van der Waals surface area contributed by atoms with E-state index >= 15 is 0 Å². The molecule has 1 fully saturated rings. The molecule has 0 spiro atoms. The van der Waals surface area contributed by atoms with Gasteiger partial charge in [0.15, 0.2) is 5.69 Å². The predicted octanol–water partition coefficient (Wildman–Crippen LogP) is 3.89. The number of aromatic nitrogens is 2. The molecular weight excluding hydrogens is 382 g/mol. The molecule has 3 aromatic rings. The van der Waals surface area contributed by atoms with Gasteiger partial charge >= 0.3 is 0 Å². The Kier molecular flexibility index (Phi) is 6.26. The van der Waals surface area contributed by atoms with Crippen molar-refractivity contribution in [2.45, 2.75) is 6.54 Å². The zero-order valence-electron chi connectivity index (χ0n) is 16.0.